The first-order valence-corrected chi connectivity index (χ1v) is 6.66. The molecule has 0 unspecified atom stereocenters. The Labute approximate surface area is 115 Å². The van der Waals surface area contributed by atoms with E-state index in [0.717, 1.165) is 10.5 Å². The molecule has 0 saturated heterocycles. The maximum atomic E-state index is 10.9. The van der Waals surface area contributed by atoms with Crippen LogP contribution in [0, 0.1) is 10.1 Å². The van der Waals surface area contributed by atoms with Crippen molar-refractivity contribution in [3.63, 3.8) is 0 Å². The summed E-state index contributed by atoms with van der Waals surface area (Å²) in [5, 5.41) is 10.9. The van der Waals surface area contributed by atoms with E-state index in [2.05, 4.69) is 0 Å². The normalized spacial score (nSPS) is 12.1. The van der Waals surface area contributed by atoms with Gasteiger partial charge < -0.3 is 5.73 Å². The molecule has 5 heteroatoms. The maximum absolute atomic E-state index is 10.9. The van der Waals surface area contributed by atoms with Gasteiger partial charge in [0.25, 0.3) is 5.69 Å². The smallest absolute Gasteiger partial charge is 0.283 e. The van der Waals surface area contributed by atoms with Gasteiger partial charge in [0.05, 0.1) is 9.82 Å². The summed E-state index contributed by atoms with van der Waals surface area (Å²) in [6, 6.07) is 14.5. The van der Waals surface area contributed by atoms with Crippen molar-refractivity contribution in [3.8, 4) is 0 Å². The van der Waals surface area contributed by atoms with Gasteiger partial charge in [0.15, 0.2) is 0 Å². The first-order valence-electron chi connectivity index (χ1n) is 5.85. The van der Waals surface area contributed by atoms with E-state index >= 15 is 0 Å². The maximum Gasteiger partial charge on any atom is 0.283 e. The molecule has 0 aromatic heterocycles. The molecule has 2 aromatic carbocycles. The molecule has 0 aliphatic carbocycles. The Balaban J connectivity index is 2.24. The van der Waals surface area contributed by atoms with Crippen molar-refractivity contribution < 1.29 is 4.92 Å². The fraction of sp³-hybridized carbons (Fsp3) is 0.143. The summed E-state index contributed by atoms with van der Waals surface area (Å²) in [6.07, 6.45) is 0. The lowest BCUT2D eigenvalue weighted by molar-refractivity contribution is -0.387. The number of hydrogen-bond acceptors (Lipinski definition) is 4. The van der Waals surface area contributed by atoms with E-state index in [1.165, 1.54) is 17.8 Å². The molecule has 0 bridgehead atoms. The molecule has 0 fully saturated rings. The molecule has 0 aliphatic heterocycles. The molecule has 1 atom stereocenters. The molecule has 19 heavy (non-hydrogen) atoms. The minimum atomic E-state index is -0.362. The van der Waals surface area contributed by atoms with Crippen molar-refractivity contribution >= 4 is 17.4 Å². The third-order valence-electron chi connectivity index (χ3n) is 2.70. The standard InChI is InChI=1S/C14H14N2O2S/c1-10(15)11-6-8-12(9-7-11)19-14-5-3-2-4-13(14)16(17)18/h2-10H,15H2,1H3/t10-/m1/s1. The fourth-order valence-electron chi connectivity index (χ4n) is 1.66. The van der Waals surface area contributed by atoms with E-state index in [-0.39, 0.29) is 16.7 Å². The van der Waals surface area contributed by atoms with E-state index in [4.69, 9.17) is 5.73 Å². The van der Waals surface area contributed by atoms with Crippen LogP contribution in [-0.2, 0) is 0 Å². The minimum absolute atomic E-state index is 0.00916. The number of rotatable bonds is 4. The highest BCUT2D eigenvalue weighted by Crippen LogP contribution is 2.34. The zero-order valence-electron chi connectivity index (χ0n) is 10.4. The second-order valence-corrected chi connectivity index (χ2v) is 5.30. The molecule has 2 N–H and O–H groups in total. The van der Waals surface area contributed by atoms with E-state index < -0.39 is 0 Å². The number of benzene rings is 2. The Hall–Kier alpha value is -1.85. The van der Waals surface area contributed by atoms with Crippen LogP contribution in [0.5, 0.6) is 0 Å². The number of nitro groups is 1. The predicted octanol–water partition coefficient (Wildman–Crippen LogP) is 3.77. The SMILES string of the molecule is C[C@@H](N)c1ccc(Sc2ccccc2[N+](=O)[O-])cc1. The highest BCUT2D eigenvalue weighted by Gasteiger charge is 2.13. The van der Waals surface area contributed by atoms with Crippen molar-refractivity contribution in [2.24, 2.45) is 5.73 Å². The van der Waals surface area contributed by atoms with Gasteiger partial charge in [0.2, 0.25) is 0 Å². The molecule has 2 aromatic rings. The molecule has 4 nitrogen and oxygen atoms in total. The summed E-state index contributed by atoms with van der Waals surface area (Å²) in [7, 11) is 0. The number of nitrogens with two attached hydrogens (primary N) is 1. The largest absolute Gasteiger partial charge is 0.324 e. The van der Waals surface area contributed by atoms with Crippen LogP contribution in [0.15, 0.2) is 58.3 Å². The van der Waals surface area contributed by atoms with Crippen molar-refractivity contribution in [1.29, 1.82) is 0 Å². The zero-order valence-corrected chi connectivity index (χ0v) is 11.3. The lowest BCUT2D eigenvalue weighted by Gasteiger charge is -2.07. The Bertz CT molecular complexity index is 582. The van der Waals surface area contributed by atoms with E-state index in [0.29, 0.717) is 4.90 Å². The molecular weight excluding hydrogens is 260 g/mol. The summed E-state index contributed by atoms with van der Waals surface area (Å²) in [5.74, 6) is 0. The zero-order chi connectivity index (χ0) is 13.8. The average molecular weight is 274 g/mol. The molecule has 0 spiro atoms. The quantitative estimate of drug-likeness (QED) is 0.680. The van der Waals surface area contributed by atoms with E-state index in [9.17, 15) is 10.1 Å². The van der Waals surface area contributed by atoms with Crippen LogP contribution < -0.4 is 5.73 Å². The van der Waals surface area contributed by atoms with Gasteiger partial charge in [0.1, 0.15) is 0 Å². The molecule has 0 amide bonds. The van der Waals surface area contributed by atoms with Crippen molar-refractivity contribution in [2.45, 2.75) is 22.8 Å². The van der Waals surface area contributed by atoms with Crippen LogP contribution in [0.25, 0.3) is 0 Å². The average Bonchev–Trinajstić information content (AvgIpc) is 2.39. The molecule has 98 valence electrons. The van der Waals surface area contributed by atoms with Crippen molar-refractivity contribution in [3.05, 3.63) is 64.2 Å². The third-order valence-corrected chi connectivity index (χ3v) is 3.77. The monoisotopic (exact) mass is 274 g/mol. The van der Waals surface area contributed by atoms with Gasteiger partial charge in [-0.25, -0.2) is 0 Å². The number of para-hydroxylation sites is 1. The van der Waals surface area contributed by atoms with Crippen molar-refractivity contribution in [2.75, 3.05) is 0 Å². The topological polar surface area (TPSA) is 69.2 Å². The van der Waals surface area contributed by atoms with Gasteiger partial charge in [-0.15, -0.1) is 0 Å². The first-order chi connectivity index (χ1) is 9.08. The number of nitro benzene ring substituents is 1. The van der Waals surface area contributed by atoms with Crippen LogP contribution >= 0.6 is 11.8 Å². The molecule has 0 aliphatic rings. The number of hydrogen-bond donors (Lipinski definition) is 1. The Morgan fingerprint density at radius 3 is 2.37 bits per heavy atom. The summed E-state index contributed by atoms with van der Waals surface area (Å²) in [5.41, 5.74) is 6.96. The van der Waals surface area contributed by atoms with Gasteiger partial charge in [-0.1, -0.05) is 36.0 Å². The second-order valence-electron chi connectivity index (χ2n) is 4.18. The molecule has 0 heterocycles. The van der Waals surface area contributed by atoms with Crippen LogP contribution in [0.3, 0.4) is 0 Å². The van der Waals surface area contributed by atoms with Crippen LogP contribution in [-0.4, -0.2) is 4.92 Å². The molecule has 0 radical (unpaired) electrons. The predicted molar refractivity (Wildman–Crippen MR) is 76.3 cm³/mol. The third kappa shape index (κ3) is 3.33. The van der Waals surface area contributed by atoms with Crippen LogP contribution in [0.4, 0.5) is 5.69 Å². The van der Waals surface area contributed by atoms with Gasteiger partial charge in [-0.2, -0.15) is 0 Å². The molecular formula is C14H14N2O2S. The highest BCUT2D eigenvalue weighted by molar-refractivity contribution is 7.99. The number of nitrogens with zero attached hydrogens (tertiary/aromatic N) is 1. The first kappa shape index (κ1) is 13.6. The lowest BCUT2D eigenvalue weighted by atomic mass is 10.1. The lowest BCUT2D eigenvalue weighted by Crippen LogP contribution is -2.04. The molecule has 0 saturated carbocycles. The Morgan fingerprint density at radius 2 is 1.79 bits per heavy atom. The Morgan fingerprint density at radius 1 is 1.16 bits per heavy atom. The second kappa shape index (κ2) is 5.86. The summed E-state index contributed by atoms with van der Waals surface area (Å²) in [4.78, 5) is 12.2. The van der Waals surface area contributed by atoms with E-state index in [1.54, 1.807) is 18.2 Å². The van der Waals surface area contributed by atoms with Gasteiger partial charge in [-0.3, -0.25) is 10.1 Å². The summed E-state index contributed by atoms with van der Waals surface area (Å²) >= 11 is 1.38. The minimum Gasteiger partial charge on any atom is -0.324 e. The highest BCUT2D eigenvalue weighted by atomic mass is 32.2. The van der Waals surface area contributed by atoms with Crippen molar-refractivity contribution in [1.82, 2.24) is 0 Å². The van der Waals surface area contributed by atoms with Crippen LogP contribution in [0.2, 0.25) is 0 Å². The summed E-state index contributed by atoms with van der Waals surface area (Å²) < 4.78 is 0. The van der Waals surface area contributed by atoms with Gasteiger partial charge in [0, 0.05) is 17.0 Å². The molecule has 2 rings (SSSR count). The Kier molecular flexibility index (Phi) is 4.19. The van der Waals surface area contributed by atoms with Gasteiger partial charge >= 0.3 is 0 Å². The summed E-state index contributed by atoms with van der Waals surface area (Å²) in [6.45, 7) is 1.92. The van der Waals surface area contributed by atoms with Crippen LogP contribution in [0.1, 0.15) is 18.5 Å². The fourth-order valence-corrected chi connectivity index (χ4v) is 2.58. The van der Waals surface area contributed by atoms with Gasteiger partial charge in [-0.05, 0) is 30.7 Å². The van der Waals surface area contributed by atoms with E-state index in [1.807, 2.05) is 31.2 Å².